The Bertz CT molecular complexity index is 285. The van der Waals surface area contributed by atoms with Gasteiger partial charge in [0.2, 0.25) is 0 Å². The standard InChI is InChI=1S/C13H24O5/c1-5-6-7-9(2)8-13(4,17)12(16)18-10(3)11(14)15/h9-10,17H,5-8H2,1-4H3,(H,14,15). The summed E-state index contributed by atoms with van der Waals surface area (Å²) in [5.74, 6) is -1.91. The number of aliphatic carboxylic acids is 1. The van der Waals surface area contributed by atoms with Crippen molar-refractivity contribution in [2.75, 3.05) is 0 Å². The summed E-state index contributed by atoms with van der Waals surface area (Å²) in [6.07, 6.45) is 2.06. The fraction of sp³-hybridized carbons (Fsp3) is 0.846. The highest BCUT2D eigenvalue weighted by Gasteiger charge is 2.35. The number of aliphatic hydroxyl groups is 1. The molecule has 5 heteroatoms. The smallest absolute Gasteiger partial charge is 0.344 e. The van der Waals surface area contributed by atoms with Crippen molar-refractivity contribution in [1.29, 1.82) is 0 Å². The second-order valence-electron chi connectivity index (χ2n) is 5.11. The molecule has 0 radical (unpaired) electrons. The van der Waals surface area contributed by atoms with E-state index in [-0.39, 0.29) is 12.3 Å². The van der Waals surface area contributed by atoms with Crippen molar-refractivity contribution in [1.82, 2.24) is 0 Å². The summed E-state index contributed by atoms with van der Waals surface area (Å²) >= 11 is 0. The first-order valence-electron chi connectivity index (χ1n) is 6.37. The summed E-state index contributed by atoms with van der Waals surface area (Å²) in [5.41, 5.74) is -1.63. The van der Waals surface area contributed by atoms with E-state index in [4.69, 9.17) is 9.84 Å². The molecule has 0 aromatic heterocycles. The molecule has 0 heterocycles. The Morgan fingerprint density at radius 1 is 1.33 bits per heavy atom. The third-order valence-corrected chi connectivity index (χ3v) is 2.87. The molecule has 18 heavy (non-hydrogen) atoms. The first-order valence-corrected chi connectivity index (χ1v) is 6.37. The quantitative estimate of drug-likeness (QED) is 0.652. The van der Waals surface area contributed by atoms with E-state index >= 15 is 0 Å². The molecule has 0 rings (SSSR count). The number of ether oxygens (including phenoxy) is 1. The highest BCUT2D eigenvalue weighted by molar-refractivity contribution is 5.82. The van der Waals surface area contributed by atoms with E-state index in [0.717, 1.165) is 19.3 Å². The lowest BCUT2D eigenvalue weighted by atomic mass is 9.90. The molecule has 0 aromatic rings. The van der Waals surface area contributed by atoms with Crippen LogP contribution in [0.15, 0.2) is 0 Å². The van der Waals surface area contributed by atoms with Gasteiger partial charge in [0.05, 0.1) is 0 Å². The van der Waals surface area contributed by atoms with E-state index in [1.807, 2.05) is 6.92 Å². The van der Waals surface area contributed by atoms with Crippen LogP contribution >= 0.6 is 0 Å². The highest BCUT2D eigenvalue weighted by atomic mass is 16.6. The first-order chi connectivity index (χ1) is 8.20. The lowest BCUT2D eigenvalue weighted by molar-refractivity contribution is -0.177. The number of esters is 1. The Balaban J connectivity index is 4.34. The Labute approximate surface area is 108 Å². The molecule has 0 fully saturated rings. The van der Waals surface area contributed by atoms with Gasteiger partial charge in [-0.05, 0) is 26.2 Å². The monoisotopic (exact) mass is 260 g/mol. The van der Waals surface area contributed by atoms with Crippen molar-refractivity contribution in [2.24, 2.45) is 5.92 Å². The van der Waals surface area contributed by atoms with Crippen molar-refractivity contribution in [3.8, 4) is 0 Å². The van der Waals surface area contributed by atoms with Crippen LogP contribution in [0.5, 0.6) is 0 Å². The van der Waals surface area contributed by atoms with E-state index in [1.54, 1.807) is 0 Å². The maximum Gasteiger partial charge on any atom is 0.344 e. The number of carboxylic acids is 1. The summed E-state index contributed by atoms with van der Waals surface area (Å²) in [6, 6.07) is 0. The SMILES string of the molecule is CCCCC(C)CC(C)(O)C(=O)OC(C)C(=O)O. The molecule has 0 aliphatic carbocycles. The van der Waals surface area contributed by atoms with Crippen LogP contribution in [0.3, 0.4) is 0 Å². The summed E-state index contributed by atoms with van der Waals surface area (Å²) in [7, 11) is 0. The van der Waals surface area contributed by atoms with E-state index in [0.29, 0.717) is 0 Å². The highest BCUT2D eigenvalue weighted by Crippen LogP contribution is 2.22. The van der Waals surface area contributed by atoms with Crippen LogP contribution in [0.25, 0.3) is 0 Å². The van der Waals surface area contributed by atoms with Crippen LogP contribution in [0, 0.1) is 5.92 Å². The maximum absolute atomic E-state index is 11.7. The molecule has 0 spiro atoms. The van der Waals surface area contributed by atoms with Gasteiger partial charge in [0, 0.05) is 0 Å². The molecular formula is C13H24O5. The molecule has 0 amide bonds. The molecule has 0 saturated heterocycles. The predicted molar refractivity (Wildman–Crippen MR) is 67.1 cm³/mol. The predicted octanol–water partition coefficient (Wildman–Crippen LogP) is 1.97. The van der Waals surface area contributed by atoms with E-state index in [1.165, 1.54) is 13.8 Å². The molecule has 2 N–H and O–H groups in total. The third kappa shape index (κ3) is 6.00. The molecular weight excluding hydrogens is 236 g/mol. The molecule has 0 aromatic carbocycles. The van der Waals surface area contributed by atoms with Gasteiger partial charge in [0.15, 0.2) is 11.7 Å². The van der Waals surface area contributed by atoms with Crippen LogP contribution in [-0.4, -0.2) is 33.9 Å². The molecule has 106 valence electrons. The van der Waals surface area contributed by atoms with Gasteiger partial charge < -0.3 is 14.9 Å². The van der Waals surface area contributed by atoms with Crippen molar-refractivity contribution in [3.05, 3.63) is 0 Å². The van der Waals surface area contributed by atoms with Gasteiger partial charge in [0.1, 0.15) is 0 Å². The zero-order chi connectivity index (χ0) is 14.3. The minimum absolute atomic E-state index is 0.188. The fourth-order valence-corrected chi connectivity index (χ4v) is 1.75. The zero-order valence-corrected chi connectivity index (χ0v) is 11.6. The Morgan fingerprint density at radius 3 is 2.33 bits per heavy atom. The van der Waals surface area contributed by atoms with Gasteiger partial charge in [-0.25, -0.2) is 9.59 Å². The van der Waals surface area contributed by atoms with Gasteiger partial charge in [-0.15, -0.1) is 0 Å². The Hall–Kier alpha value is -1.10. The molecule has 5 nitrogen and oxygen atoms in total. The minimum atomic E-state index is -1.63. The summed E-state index contributed by atoms with van der Waals surface area (Å²) < 4.78 is 4.69. The maximum atomic E-state index is 11.7. The lowest BCUT2D eigenvalue weighted by Crippen LogP contribution is -2.41. The zero-order valence-electron chi connectivity index (χ0n) is 11.6. The van der Waals surface area contributed by atoms with Gasteiger partial charge in [-0.2, -0.15) is 0 Å². The van der Waals surface area contributed by atoms with Gasteiger partial charge in [0.25, 0.3) is 0 Å². The second kappa shape index (κ2) is 7.36. The Kier molecular flexibility index (Phi) is 6.91. The third-order valence-electron chi connectivity index (χ3n) is 2.87. The molecule has 3 atom stereocenters. The fourth-order valence-electron chi connectivity index (χ4n) is 1.75. The summed E-state index contributed by atoms with van der Waals surface area (Å²) in [4.78, 5) is 22.2. The number of carbonyl (C=O) groups is 2. The second-order valence-corrected chi connectivity index (χ2v) is 5.11. The molecule has 0 aliphatic heterocycles. The first kappa shape index (κ1) is 16.9. The van der Waals surface area contributed by atoms with E-state index < -0.39 is 23.6 Å². The van der Waals surface area contributed by atoms with Gasteiger partial charge in [-0.3, -0.25) is 0 Å². The van der Waals surface area contributed by atoms with Gasteiger partial charge in [-0.1, -0.05) is 33.1 Å². The molecule has 0 saturated carbocycles. The number of hydrogen-bond acceptors (Lipinski definition) is 4. The van der Waals surface area contributed by atoms with Crippen LogP contribution in [0.1, 0.15) is 53.4 Å². The lowest BCUT2D eigenvalue weighted by Gasteiger charge is -2.25. The van der Waals surface area contributed by atoms with Crippen molar-refractivity contribution in [3.63, 3.8) is 0 Å². The van der Waals surface area contributed by atoms with E-state index in [2.05, 4.69) is 6.92 Å². The topological polar surface area (TPSA) is 83.8 Å². The minimum Gasteiger partial charge on any atom is -0.479 e. The van der Waals surface area contributed by atoms with Gasteiger partial charge >= 0.3 is 11.9 Å². The number of carbonyl (C=O) groups excluding carboxylic acids is 1. The largest absolute Gasteiger partial charge is 0.479 e. The number of carboxylic acid groups (broad SMARTS) is 1. The van der Waals surface area contributed by atoms with Crippen molar-refractivity contribution >= 4 is 11.9 Å². The van der Waals surface area contributed by atoms with Crippen LogP contribution in [-0.2, 0) is 14.3 Å². The number of hydrogen-bond donors (Lipinski definition) is 2. The normalized spacial score (nSPS) is 17.6. The molecule has 3 unspecified atom stereocenters. The summed E-state index contributed by atoms with van der Waals surface area (Å²) in [5, 5.41) is 18.7. The average Bonchev–Trinajstić information content (AvgIpc) is 2.25. The Morgan fingerprint density at radius 2 is 1.89 bits per heavy atom. The average molecular weight is 260 g/mol. The number of unbranched alkanes of at least 4 members (excludes halogenated alkanes) is 1. The number of rotatable bonds is 8. The van der Waals surface area contributed by atoms with E-state index in [9.17, 15) is 14.7 Å². The summed E-state index contributed by atoms with van der Waals surface area (Å²) in [6.45, 7) is 6.66. The van der Waals surface area contributed by atoms with Crippen LogP contribution in [0.2, 0.25) is 0 Å². The van der Waals surface area contributed by atoms with Crippen LogP contribution < -0.4 is 0 Å². The van der Waals surface area contributed by atoms with Crippen molar-refractivity contribution in [2.45, 2.75) is 65.1 Å². The molecule has 0 aliphatic rings. The van der Waals surface area contributed by atoms with Crippen molar-refractivity contribution < 1.29 is 24.5 Å². The van der Waals surface area contributed by atoms with Crippen LogP contribution in [0.4, 0.5) is 0 Å². The molecule has 0 bridgehead atoms.